The van der Waals surface area contributed by atoms with Gasteiger partial charge in [0.1, 0.15) is 5.60 Å². The fourth-order valence-electron chi connectivity index (χ4n) is 1.03. The van der Waals surface area contributed by atoms with E-state index in [-0.39, 0.29) is 16.5 Å². The molecule has 0 aromatic heterocycles. The van der Waals surface area contributed by atoms with Gasteiger partial charge >= 0.3 is 0 Å². The quantitative estimate of drug-likeness (QED) is 0.835. The van der Waals surface area contributed by atoms with Crippen LogP contribution in [0.3, 0.4) is 0 Å². The van der Waals surface area contributed by atoms with Crippen LogP contribution in [0.15, 0.2) is 12.1 Å². The lowest BCUT2D eigenvalue weighted by atomic mass is 10.1. The van der Waals surface area contributed by atoms with E-state index < -0.39 is 11.5 Å². The zero-order chi connectivity index (χ0) is 13.2. The molecule has 0 aliphatic heterocycles. The van der Waals surface area contributed by atoms with Crippen molar-refractivity contribution in [1.82, 2.24) is 0 Å². The predicted octanol–water partition coefficient (Wildman–Crippen LogP) is 3.06. The second-order valence-corrected chi connectivity index (χ2v) is 4.80. The minimum absolute atomic E-state index is 0.0722. The predicted molar refractivity (Wildman–Crippen MR) is 67.8 cm³/mol. The van der Waals surface area contributed by atoms with Gasteiger partial charge in [0, 0.05) is 12.1 Å². The number of methoxy groups -OCH3 is 1. The molecule has 0 saturated heterocycles. The number of rotatable bonds is 3. The largest absolute Gasteiger partial charge is 0.504 e. The standard InChI is InChI=1S/C11H13Cl2NO3/c1-11(2,17-3)10(16)14-8-5-6(12)4-7(13)9(8)15/h4-5,15H,1-3H3,(H,14,16). The Morgan fingerprint density at radius 1 is 1.41 bits per heavy atom. The topological polar surface area (TPSA) is 58.6 Å². The van der Waals surface area contributed by atoms with Crippen LogP contribution in [0.25, 0.3) is 0 Å². The van der Waals surface area contributed by atoms with Crippen LogP contribution < -0.4 is 5.32 Å². The smallest absolute Gasteiger partial charge is 0.256 e. The number of carbonyl (C=O) groups is 1. The highest BCUT2D eigenvalue weighted by atomic mass is 35.5. The third kappa shape index (κ3) is 3.25. The number of hydrogen-bond donors (Lipinski definition) is 2. The number of aromatic hydroxyl groups is 1. The van der Waals surface area contributed by atoms with Crippen molar-refractivity contribution in [3.05, 3.63) is 22.2 Å². The summed E-state index contributed by atoms with van der Waals surface area (Å²) in [6.45, 7) is 3.21. The highest BCUT2D eigenvalue weighted by Crippen LogP contribution is 2.35. The lowest BCUT2D eigenvalue weighted by Gasteiger charge is -2.22. The minimum atomic E-state index is -1.01. The summed E-state index contributed by atoms with van der Waals surface area (Å²) in [6, 6.07) is 2.79. The third-order valence-corrected chi connectivity index (χ3v) is 2.84. The molecular formula is C11H13Cl2NO3. The number of halogens is 2. The second-order valence-electron chi connectivity index (χ2n) is 3.95. The average molecular weight is 278 g/mol. The van der Waals surface area contributed by atoms with Crippen LogP contribution in [-0.4, -0.2) is 23.7 Å². The Hall–Kier alpha value is -0.970. The summed E-state index contributed by atoms with van der Waals surface area (Å²) in [5.41, 5.74) is -0.862. The van der Waals surface area contributed by atoms with Crippen LogP contribution in [0.1, 0.15) is 13.8 Å². The summed E-state index contributed by atoms with van der Waals surface area (Å²) in [4.78, 5) is 11.8. The SMILES string of the molecule is COC(C)(C)C(=O)Nc1cc(Cl)cc(Cl)c1O. The van der Waals surface area contributed by atoms with Crippen LogP contribution >= 0.6 is 23.2 Å². The summed E-state index contributed by atoms with van der Waals surface area (Å²) in [7, 11) is 1.42. The molecule has 1 aromatic carbocycles. The van der Waals surface area contributed by atoms with Crippen LogP contribution in [0, 0.1) is 0 Å². The molecule has 1 aromatic rings. The van der Waals surface area contributed by atoms with Crippen molar-refractivity contribution in [2.45, 2.75) is 19.4 Å². The van der Waals surface area contributed by atoms with Crippen molar-refractivity contribution in [2.75, 3.05) is 12.4 Å². The lowest BCUT2D eigenvalue weighted by molar-refractivity contribution is -0.133. The molecule has 0 fully saturated rings. The molecule has 0 aliphatic carbocycles. The lowest BCUT2D eigenvalue weighted by Crippen LogP contribution is -2.38. The maximum atomic E-state index is 11.8. The summed E-state index contributed by atoms with van der Waals surface area (Å²) >= 11 is 11.5. The molecule has 0 radical (unpaired) electrons. The van der Waals surface area contributed by atoms with Gasteiger partial charge < -0.3 is 15.2 Å². The molecule has 0 bridgehead atoms. The normalized spacial score (nSPS) is 11.4. The Labute approximate surface area is 109 Å². The van der Waals surface area contributed by atoms with Gasteiger partial charge in [-0.1, -0.05) is 23.2 Å². The van der Waals surface area contributed by atoms with E-state index in [1.165, 1.54) is 19.2 Å². The first kappa shape index (κ1) is 14.1. The van der Waals surface area contributed by atoms with Crippen LogP contribution in [0.2, 0.25) is 10.0 Å². The monoisotopic (exact) mass is 277 g/mol. The van der Waals surface area contributed by atoms with E-state index >= 15 is 0 Å². The van der Waals surface area contributed by atoms with Gasteiger partial charge in [-0.3, -0.25) is 4.79 Å². The van der Waals surface area contributed by atoms with E-state index in [1.807, 2.05) is 0 Å². The summed E-state index contributed by atoms with van der Waals surface area (Å²) in [6.07, 6.45) is 0. The number of phenols is 1. The van der Waals surface area contributed by atoms with Crippen molar-refractivity contribution >= 4 is 34.8 Å². The van der Waals surface area contributed by atoms with Gasteiger partial charge in [0.2, 0.25) is 0 Å². The van der Waals surface area contributed by atoms with Gasteiger partial charge in [0.05, 0.1) is 10.7 Å². The molecule has 1 rings (SSSR count). The van der Waals surface area contributed by atoms with Crippen LogP contribution in [0.5, 0.6) is 5.75 Å². The van der Waals surface area contributed by atoms with Crippen molar-refractivity contribution in [2.24, 2.45) is 0 Å². The van der Waals surface area contributed by atoms with Crippen LogP contribution in [-0.2, 0) is 9.53 Å². The number of nitrogens with one attached hydrogen (secondary N) is 1. The van der Waals surface area contributed by atoms with Gasteiger partial charge in [-0.25, -0.2) is 0 Å². The first-order valence-electron chi connectivity index (χ1n) is 4.82. The van der Waals surface area contributed by atoms with E-state index in [2.05, 4.69) is 5.32 Å². The molecule has 1 amide bonds. The van der Waals surface area contributed by atoms with Gasteiger partial charge in [0.25, 0.3) is 5.91 Å². The van der Waals surface area contributed by atoms with Crippen molar-refractivity contribution < 1.29 is 14.6 Å². The molecule has 0 saturated carbocycles. The number of ether oxygens (including phenoxy) is 1. The number of phenolic OH excluding ortho intramolecular Hbond substituents is 1. The van der Waals surface area contributed by atoms with E-state index in [1.54, 1.807) is 13.8 Å². The zero-order valence-electron chi connectivity index (χ0n) is 9.67. The molecule has 2 N–H and O–H groups in total. The zero-order valence-corrected chi connectivity index (χ0v) is 11.2. The molecule has 0 unspecified atom stereocenters. The van der Waals surface area contributed by atoms with Crippen molar-refractivity contribution in [3.8, 4) is 5.75 Å². The molecule has 0 aliphatic rings. The molecule has 6 heteroatoms. The summed E-state index contributed by atoms with van der Waals surface area (Å²) in [5, 5.41) is 12.6. The van der Waals surface area contributed by atoms with Crippen molar-refractivity contribution in [1.29, 1.82) is 0 Å². The summed E-state index contributed by atoms with van der Waals surface area (Å²) < 4.78 is 5.01. The van der Waals surface area contributed by atoms with Gasteiger partial charge in [-0.15, -0.1) is 0 Å². The Balaban J connectivity index is 3.00. The molecule has 94 valence electrons. The number of benzene rings is 1. The third-order valence-electron chi connectivity index (χ3n) is 2.33. The van der Waals surface area contributed by atoms with E-state index in [0.717, 1.165) is 0 Å². The molecule has 4 nitrogen and oxygen atoms in total. The Kier molecular flexibility index (Phi) is 4.25. The number of amides is 1. The highest BCUT2D eigenvalue weighted by molar-refractivity contribution is 6.36. The number of anilines is 1. The first-order chi connectivity index (χ1) is 7.77. The second kappa shape index (κ2) is 5.12. The van der Waals surface area contributed by atoms with Gasteiger partial charge in [0.15, 0.2) is 5.75 Å². The average Bonchev–Trinajstić information content (AvgIpc) is 2.25. The van der Waals surface area contributed by atoms with E-state index in [9.17, 15) is 9.90 Å². The minimum Gasteiger partial charge on any atom is -0.504 e. The molecule has 0 spiro atoms. The molecule has 0 atom stereocenters. The van der Waals surface area contributed by atoms with Gasteiger partial charge in [-0.05, 0) is 26.0 Å². The highest BCUT2D eigenvalue weighted by Gasteiger charge is 2.27. The molecule has 0 heterocycles. The molecular weight excluding hydrogens is 265 g/mol. The maximum absolute atomic E-state index is 11.8. The van der Waals surface area contributed by atoms with Crippen molar-refractivity contribution in [3.63, 3.8) is 0 Å². The summed E-state index contributed by atoms with van der Waals surface area (Å²) in [5.74, 6) is -0.634. The Bertz CT molecular complexity index is 447. The number of hydrogen-bond acceptors (Lipinski definition) is 3. The Morgan fingerprint density at radius 2 is 2.00 bits per heavy atom. The first-order valence-corrected chi connectivity index (χ1v) is 5.58. The fourth-order valence-corrected chi connectivity index (χ4v) is 1.52. The number of carbonyl (C=O) groups excluding carboxylic acids is 1. The Morgan fingerprint density at radius 3 is 2.53 bits per heavy atom. The maximum Gasteiger partial charge on any atom is 0.256 e. The molecule has 17 heavy (non-hydrogen) atoms. The van der Waals surface area contributed by atoms with E-state index in [4.69, 9.17) is 27.9 Å². The van der Waals surface area contributed by atoms with Crippen LogP contribution in [0.4, 0.5) is 5.69 Å². The van der Waals surface area contributed by atoms with Gasteiger partial charge in [-0.2, -0.15) is 0 Å². The fraction of sp³-hybridized carbons (Fsp3) is 0.364. The van der Waals surface area contributed by atoms with E-state index in [0.29, 0.717) is 5.02 Å².